The summed E-state index contributed by atoms with van der Waals surface area (Å²) < 4.78 is 10.8. The molecule has 0 spiro atoms. The van der Waals surface area contributed by atoms with Gasteiger partial charge in [-0.05, 0) is 31.4 Å². The van der Waals surface area contributed by atoms with Crippen molar-refractivity contribution in [2.24, 2.45) is 5.73 Å². The highest BCUT2D eigenvalue weighted by molar-refractivity contribution is 5.50. The first-order valence-electron chi connectivity index (χ1n) is 6.44. The van der Waals surface area contributed by atoms with Gasteiger partial charge in [-0.3, -0.25) is 4.98 Å². The number of aromatic nitrogens is 3. The van der Waals surface area contributed by atoms with Crippen LogP contribution in [0.2, 0.25) is 0 Å². The summed E-state index contributed by atoms with van der Waals surface area (Å²) in [5.41, 5.74) is 6.77. The van der Waals surface area contributed by atoms with Gasteiger partial charge in [0, 0.05) is 12.4 Å². The van der Waals surface area contributed by atoms with Crippen molar-refractivity contribution in [2.45, 2.75) is 31.4 Å². The van der Waals surface area contributed by atoms with Crippen LogP contribution in [0, 0.1) is 0 Å². The average Bonchev–Trinajstić information content (AvgIpc) is 2.87. The van der Waals surface area contributed by atoms with E-state index in [0.29, 0.717) is 24.4 Å². The summed E-state index contributed by atoms with van der Waals surface area (Å²) in [6.07, 6.45) is 7.22. The summed E-state index contributed by atoms with van der Waals surface area (Å²) in [5.74, 6) is 0.903. The van der Waals surface area contributed by atoms with Gasteiger partial charge in [0.05, 0.1) is 24.3 Å². The van der Waals surface area contributed by atoms with Crippen molar-refractivity contribution in [3.63, 3.8) is 0 Å². The highest BCUT2D eigenvalue weighted by Gasteiger charge is 2.21. The Morgan fingerprint density at radius 2 is 2.37 bits per heavy atom. The molecule has 1 aliphatic rings. The topological polar surface area (TPSA) is 87.1 Å². The Balaban J connectivity index is 1.63. The van der Waals surface area contributed by atoms with Crippen molar-refractivity contribution >= 4 is 0 Å². The summed E-state index contributed by atoms with van der Waals surface area (Å²) in [6.45, 7) is 0.427. The van der Waals surface area contributed by atoms with Crippen molar-refractivity contribution in [2.75, 3.05) is 6.61 Å². The molecule has 0 saturated heterocycles. The third-order valence-corrected chi connectivity index (χ3v) is 3.25. The maximum absolute atomic E-state index is 5.99. The van der Waals surface area contributed by atoms with Crippen molar-refractivity contribution in [3.05, 3.63) is 30.4 Å². The van der Waals surface area contributed by atoms with Crippen LogP contribution in [-0.2, 0) is 4.74 Å². The molecule has 0 aromatic carbocycles. The second-order valence-corrected chi connectivity index (χ2v) is 4.69. The minimum Gasteiger partial charge on any atom is -0.376 e. The van der Waals surface area contributed by atoms with Crippen molar-refractivity contribution in [3.8, 4) is 11.5 Å². The standard InChI is InChI=1S/C13H16N4O2/c14-11(8-18-10-4-1-5-10)12-16-13(19-17-12)9-3-2-6-15-7-9/h2-3,6-7,10-11H,1,4-5,8,14H2. The van der Waals surface area contributed by atoms with Gasteiger partial charge >= 0.3 is 0 Å². The molecule has 1 unspecified atom stereocenters. The minimum atomic E-state index is -0.352. The molecule has 2 heterocycles. The molecule has 0 aliphatic heterocycles. The Labute approximate surface area is 111 Å². The van der Waals surface area contributed by atoms with Crippen LogP contribution in [0.1, 0.15) is 31.1 Å². The molecule has 2 aromatic heterocycles. The summed E-state index contributed by atoms with van der Waals surface area (Å²) in [4.78, 5) is 8.29. The van der Waals surface area contributed by atoms with E-state index >= 15 is 0 Å². The second-order valence-electron chi connectivity index (χ2n) is 4.69. The Morgan fingerprint density at radius 1 is 1.47 bits per heavy atom. The zero-order chi connectivity index (χ0) is 13.1. The van der Waals surface area contributed by atoms with Crippen LogP contribution < -0.4 is 5.73 Å². The van der Waals surface area contributed by atoms with Gasteiger partial charge in [-0.1, -0.05) is 5.16 Å². The van der Waals surface area contributed by atoms with Crippen LogP contribution in [0.15, 0.2) is 29.0 Å². The summed E-state index contributed by atoms with van der Waals surface area (Å²) in [6, 6.07) is 3.33. The number of nitrogens with two attached hydrogens (primary N) is 1. The fourth-order valence-electron chi connectivity index (χ4n) is 1.84. The molecule has 6 heteroatoms. The van der Waals surface area contributed by atoms with E-state index in [9.17, 15) is 0 Å². The van der Waals surface area contributed by atoms with Crippen LogP contribution in [-0.4, -0.2) is 27.8 Å². The van der Waals surface area contributed by atoms with E-state index in [0.717, 1.165) is 18.4 Å². The molecule has 1 aliphatic carbocycles. The van der Waals surface area contributed by atoms with E-state index < -0.39 is 0 Å². The minimum absolute atomic E-state index is 0.352. The molecule has 1 saturated carbocycles. The van der Waals surface area contributed by atoms with Crippen LogP contribution in [0.3, 0.4) is 0 Å². The molecule has 1 atom stereocenters. The maximum atomic E-state index is 5.99. The molecule has 100 valence electrons. The van der Waals surface area contributed by atoms with Gasteiger partial charge in [0.1, 0.15) is 0 Å². The Morgan fingerprint density at radius 3 is 3.05 bits per heavy atom. The molecular weight excluding hydrogens is 244 g/mol. The molecule has 3 rings (SSSR count). The highest BCUT2D eigenvalue weighted by Crippen LogP contribution is 2.23. The average molecular weight is 260 g/mol. The largest absolute Gasteiger partial charge is 0.376 e. The SMILES string of the molecule is NC(COC1CCC1)c1noc(-c2cccnc2)n1. The molecule has 0 amide bonds. The molecule has 19 heavy (non-hydrogen) atoms. The molecule has 2 aromatic rings. The summed E-state index contributed by atoms with van der Waals surface area (Å²) >= 11 is 0. The maximum Gasteiger partial charge on any atom is 0.259 e. The van der Waals surface area contributed by atoms with Gasteiger partial charge in [-0.25, -0.2) is 0 Å². The lowest BCUT2D eigenvalue weighted by atomic mass is 9.96. The van der Waals surface area contributed by atoms with E-state index in [1.165, 1.54) is 6.42 Å². The highest BCUT2D eigenvalue weighted by atomic mass is 16.5. The second kappa shape index (κ2) is 5.46. The van der Waals surface area contributed by atoms with E-state index in [2.05, 4.69) is 15.1 Å². The monoisotopic (exact) mass is 260 g/mol. The smallest absolute Gasteiger partial charge is 0.259 e. The molecule has 0 bridgehead atoms. The third kappa shape index (κ3) is 2.80. The molecular formula is C13H16N4O2. The molecule has 0 radical (unpaired) electrons. The van der Waals surface area contributed by atoms with Crippen LogP contribution >= 0.6 is 0 Å². The third-order valence-electron chi connectivity index (χ3n) is 3.25. The lowest BCUT2D eigenvalue weighted by Gasteiger charge is -2.26. The van der Waals surface area contributed by atoms with Crippen molar-refractivity contribution < 1.29 is 9.26 Å². The number of hydrogen-bond acceptors (Lipinski definition) is 6. The Kier molecular flexibility index (Phi) is 3.52. The first-order valence-corrected chi connectivity index (χ1v) is 6.44. The lowest BCUT2D eigenvalue weighted by Crippen LogP contribution is -2.27. The zero-order valence-corrected chi connectivity index (χ0v) is 10.5. The number of nitrogens with zero attached hydrogens (tertiary/aromatic N) is 3. The predicted molar refractivity (Wildman–Crippen MR) is 68.0 cm³/mol. The number of pyridine rings is 1. The van der Waals surface area contributed by atoms with E-state index in [-0.39, 0.29) is 6.04 Å². The van der Waals surface area contributed by atoms with E-state index in [1.807, 2.05) is 12.1 Å². The van der Waals surface area contributed by atoms with Crippen LogP contribution in [0.4, 0.5) is 0 Å². The number of hydrogen-bond donors (Lipinski definition) is 1. The molecule has 1 fully saturated rings. The Bertz CT molecular complexity index is 524. The van der Waals surface area contributed by atoms with Gasteiger partial charge in [0.15, 0.2) is 5.82 Å². The number of ether oxygens (including phenoxy) is 1. The summed E-state index contributed by atoms with van der Waals surface area (Å²) in [5, 5.41) is 3.90. The predicted octanol–water partition coefficient (Wildman–Crippen LogP) is 1.70. The fraction of sp³-hybridized carbons (Fsp3) is 0.462. The first kappa shape index (κ1) is 12.3. The number of rotatable bonds is 5. The quantitative estimate of drug-likeness (QED) is 0.880. The fourth-order valence-corrected chi connectivity index (χ4v) is 1.84. The lowest BCUT2D eigenvalue weighted by molar-refractivity contribution is -0.00549. The van der Waals surface area contributed by atoms with Gasteiger partial charge in [-0.2, -0.15) is 4.98 Å². The normalized spacial score (nSPS) is 17.1. The van der Waals surface area contributed by atoms with Gasteiger partial charge < -0.3 is 15.0 Å². The molecule has 2 N–H and O–H groups in total. The molecule has 6 nitrogen and oxygen atoms in total. The Hall–Kier alpha value is -1.79. The zero-order valence-electron chi connectivity index (χ0n) is 10.5. The van der Waals surface area contributed by atoms with Gasteiger partial charge in [-0.15, -0.1) is 0 Å². The van der Waals surface area contributed by atoms with Crippen molar-refractivity contribution in [1.29, 1.82) is 0 Å². The van der Waals surface area contributed by atoms with Crippen LogP contribution in [0.5, 0.6) is 0 Å². The van der Waals surface area contributed by atoms with Crippen molar-refractivity contribution in [1.82, 2.24) is 15.1 Å². The van der Waals surface area contributed by atoms with E-state index in [1.54, 1.807) is 12.4 Å². The van der Waals surface area contributed by atoms with Gasteiger partial charge in [0.25, 0.3) is 5.89 Å². The van der Waals surface area contributed by atoms with E-state index in [4.69, 9.17) is 15.0 Å². The first-order chi connectivity index (χ1) is 9.33. The van der Waals surface area contributed by atoms with Crippen LogP contribution in [0.25, 0.3) is 11.5 Å². The van der Waals surface area contributed by atoms with Gasteiger partial charge in [0.2, 0.25) is 0 Å². The summed E-state index contributed by atoms with van der Waals surface area (Å²) in [7, 11) is 0.